The molecular weight excluding hydrogens is 345 g/mol. The molecule has 1 atom stereocenters. The van der Waals surface area contributed by atoms with Crippen molar-refractivity contribution in [1.82, 2.24) is 4.90 Å². The molecule has 7 heteroatoms. The Balaban J connectivity index is 1.82. The van der Waals surface area contributed by atoms with Crippen molar-refractivity contribution in [3.05, 3.63) is 29.0 Å². The average Bonchev–Trinajstić information content (AvgIpc) is 2.81. The summed E-state index contributed by atoms with van der Waals surface area (Å²) < 4.78 is 19.7. The molecule has 0 bridgehead atoms. The highest BCUT2D eigenvalue weighted by Gasteiger charge is 2.48. The van der Waals surface area contributed by atoms with Gasteiger partial charge >= 0.3 is 0 Å². The third-order valence-electron chi connectivity index (χ3n) is 5.11. The molecule has 1 aliphatic heterocycles. The molecule has 5 nitrogen and oxygen atoms in total. The van der Waals surface area contributed by atoms with Gasteiger partial charge in [0, 0.05) is 7.05 Å². The van der Waals surface area contributed by atoms with Gasteiger partial charge in [-0.15, -0.1) is 0 Å². The number of nitrogens with two attached hydrogens (primary N) is 1. The van der Waals surface area contributed by atoms with Crippen molar-refractivity contribution >= 4 is 23.5 Å². The molecule has 1 unspecified atom stereocenters. The molecule has 2 aliphatic rings. The number of aliphatic imine (C=N–C) groups is 1. The molecule has 0 saturated heterocycles. The maximum atomic E-state index is 14.1. The summed E-state index contributed by atoms with van der Waals surface area (Å²) in [5.74, 6) is -0.234. The lowest BCUT2D eigenvalue weighted by molar-refractivity contribution is -0.132. The van der Waals surface area contributed by atoms with E-state index in [4.69, 9.17) is 22.1 Å². The SMILES string of the molecule is CN1C(=O)C(COc2cccc(Cl)c2F)(CC2CCCCC2)N=C1N. The fraction of sp³-hybridized carbons (Fsp3) is 0.556. The quantitative estimate of drug-likeness (QED) is 0.867. The smallest absolute Gasteiger partial charge is 0.260 e. The first-order valence-electron chi connectivity index (χ1n) is 8.63. The van der Waals surface area contributed by atoms with Crippen molar-refractivity contribution in [2.75, 3.05) is 13.7 Å². The van der Waals surface area contributed by atoms with Crippen molar-refractivity contribution in [3.8, 4) is 5.75 Å². The second-order valence-electron chi connectivity index (χ2n) is 6.91. The number of halogens is 2. The predicted octanol–water partition coefficient (Wildman–Crippen LogP) is 3.35. The van der Waals surface area contributed by atoms with Crippen molar-refractivity contribution in [2.45, 2.75) is 44.1 Å². The Morgan fingerprint density at radius 2 is 2.12 bits per heavy atom. The number of carbonyl (C=O) groups is 1. The molecule has 3 rings (SSSR count). The number of hydrogen-bond donors (Lipinski definition) is 1. The molecular formula is C18H23ClFN3O2. The average molecular weight is 368 g/mol. The maximum Gasteiger partial charge on any atom is 0.260 e. The van der Waals surface area contributed by atoms with Crippen molar-refractivity contribution < 1.29 is 13.9 Å². The van der Waals surface area contributed by atoms with E-state index in [-0.39, 0.29) is 29.2 Å². The van der Waals surface area contributed by atoms with Gasteiger partial charge in [-0.1, -0.05) is 49.8 Å². The topological polar surface area (TPSA) is 67.9 Å². The first-order valence-corrected chi connectivity index (χ1v) is 9.01. The van der Waals surface area contributed by atoms with Crippen LogP contribution in [0.1, 0.15) is 38.5 Å². The van der Waals surface area contributed by atoms with E-state index in [0.29, 0.717) is 12.3 Å². The van der Waals surface area contributed by atoms with E-state index in [1.165, 1.54) is 23.5 Å². The van der Waals surface area contributed by atoms with Crippen LogP contribution in [0.3, 0.4) is 0 Å². The third kappa shape index (κ3) is 3.59. The molecule has 1 fully saturated rings. The highest BCUT2D eigenvalue weighted by molar-refractivity contribution is 6.30. The van der Waals surface area contributed by atoms with Crippen LogP contribution in [0.25, 0.3) is 0 Å². The number of nitrogens with zero attached hydrogens (tertiary/aromatic N) is 2. The zero-order chi connectivity index (χ0) is 18.0. The lowest BCUT2D eigenvalue weighted by Gasteiger charge is -2.31. The Hall–Kier alpha value is -1.82. The standard InChI is InChI=1S/C18H23ClFN3O2/c1-23-16(24)18(22-17(23)21,10-12-6-3-2-4-7-12)11-25-14-9-5-8-13(19)15(14)20/h5,8-9,12H,2-4,6-7,10-11H2,1H3,(H2,21,22). The van der Waals surface area contributed by atoms with Gasteiger partial charge in [-0.3, -0.25) is 9.69 Å². The van der Waals surface area contributed by atoms with Gasteiger partial charge in [0.15, 0.2) is 23.1 Å². The second-order valence-corrected chi connectivity index (χ2v) is 7.32. The van der Waals surface area contributed by atoms with Crippen LogP contribution in [-0.4, -0.2) is 36.0 Å². The lowest BCUT2D eigenvalue weighted by atomic mass is 9.79. The van der Waals surface area contributed by atoms with Crippen molar-refractivity contribution in [3.63, 3.8) is 0 Å². The second kappa shape index (κ2) is 7.20. The summed E-state index contributed by atoms with van der Waals surface area (Å²) in [4.78, 5) is 18.6. The summed E-state index contributed by atoms with van der Waals surface area (Å²) in [7, 11) is 1.60. The number of guanidine groups is 1. The molecule has 0 aromatic heterocycles. The summed E-state index contributed by atoms with van der Waals surface area (Å²) in [6, 6.07) is 4.55. The monoisotopic (exact) mass is 367 g/mol. The number of rotatable bonds is 5. The summed E-state index contributed by atoms with van der Waals surface area (Å²) in [5.41, 5.74) is 4.79. The van der Waals surface area contributed by atoms with Gasteiger partial charge in [-0.25, -0.2) is 9.38 Å². The van der Waals surface area contributed by atoms with Crippen LogP contribution < -0.4 is 10.5 Å². The Kier molecular flexibility index (Phi) is 5.18. The first-order chi connectivity index (χ1) is 11.9. The van der Waals surface area contributed by atoms with Crippen LogP contribution >= 0.6 is 11.6 Å². The Labute approximate surface area is 152 Å². The van der Waals surface area contributed by atoms with Gasteiger partial charge in [-0.2, -0.15) is 0 Å². The van der Waals surface area contributed by atoms with E-state index in [0.717, 1.165) is 25.7 Å². The molecule has 0 spiro atoms. The van der Waals surface area contributed by atoms with Gasteiger partial charge in [-0.05, 0) is 24.5 Å². The molecule has 1 amide bonds. The van der Waals surface area contributed by atoms with Crippen molar-refractivity contribution in [1.29, 1.82) is 0 Å². The Morgan fingerprint density at radius 1 is 1.40 bits per heavy atom. The summed E-state index contributed by atoms with van der Waals surface area (Å²) >= 11 is 5.80. The number of likely N-dealkylation sites (N-methyl/N-ethyl adjacent to an activating group) is 1. The summed E-state index contributed by atoms with van der Waals surface area (Å²) in [6.45, 7) is -0.0510. The zero-order valence-electron chi connectivity index (χ0n) is 14.3. The van der Waals surface area contributed by atoms with Gasteiger partial charge in [0.05, 0.1) is 5.02 Å². The molecule has 0 radical (unpaired) electrons. The minimum absolute atomic E-state index is 0.0169. The number of hydrogen-bond acceptors (Lipinski definition) is 4. The van der Waals surface area contributed by atoms with E-state index < -0.39 is 11.4 Å². The summed E-state index contributed by atoms with van der Waals surface area (Å²) in [6.07, 6.45) is 6.26. The van der Waals surface area contributed by atoms with Crippen molar-refractivity contribution in [2.24, 2.45) is 16.6 Å². The predicted molar refractivity (Wildman–Crippen MR) is 95.2 cm³/mol. The van der Waals surface area contributed by atoms with E-state index in [1.807, 2.05) is 0 Å². The van der Waals surface area contributed by atoms with Crippen LogP contribution in [0.2, 0.25) is 5.02 Å². The Morgan fingerprint density at radius 3 is 2.76 bits per heavy atom. The lowest BCUT2D eigenvalue weighted by Crippen LogP contribution is -2.47. The molecule has 1 aromatic rings. The molecule has 1 aromatic carbocycles. The largest absolute Gasteiger partial charge is 0.487 e. The van der Waals surface area contributed by atoms with Crippen LogP contribution in [0.15, 0.2) is 23.2 Å². The van der Waals surface area contributed by atoms with Crippen LogP contribution in [0.4, 0.5) is 4.39 Å². The highest BCUT2D eigenvalue weighted by Crippen LogP contribution is 2.36. The van der Waals surface area contributed by atoms with Crippen LogP contribution in [-0.2, 0) is 4.79 Å². The number of amides is 1. The van der Waals surface area contributed by atoms with Gasteiger partial charge < -0.3 is 10.5 Å². The molecule has 1 aliphatic carbocycles. The van der Waals surface area contributed by atoms with Gasteiger partial charge in [0.2, 0.25) is 0 Å². The van der Waals surface area contributed by atoms with Crippen LogP contribution in [0.5, 0.6) is 5.75 Å². The third-order valence-corrected chi connectivity index (χ3v) is 5.40. The fourth-order valence-electron chi connectivity index (χ4n) is 3.71. The van der Waals surface area contributed by atoms with Crippen LogP contribution in [0, 0.1) is 11.7 Å². The minimum Gasteiger partial charge on any atom is -0.487 e. The Bertz CT molecular complexity index is 691. The molecule has 2 N–H and O–H groups in total. The number of carbonyl (C=O) groups excluding carboxylic acids is 1. The molecule has 136 valence electrons. The zero-order valence-corrected chi connectivity index (χ0v) is 15.1. The van der Waals surface area contributed by atoms with E-state index in [2.05, 4.69) is 4.99 Å². The number of benzene rings is 1. The van der Waals surface area contributed by atoms with E-state index >= 15 is 0 Å². The van der Waals surface area contributed by atoms with Gasteiger partial charge in [0.25, 0.3) is 5.91 Å². The minimum atomic E-state index is -1.09. The normalized spacial score (nSPS) is 24.5. The molecule has 25 heavy (non-hydrogen) atoms. The van der Waals surface area contributed by atoms with Gasteiger partial charge in [0.1, 0.15) is 6.61 Å². The maximum absolute atomic E-state index is 14.1. The molecule has 1 saturated carbocycles. The first kappa shape index (κ1) is 18.0. The highest BCUT2D eigenvalue weighted by atomic mass is 35.5. The number of ether oxygens (including phenoxy) is 1. The fourth-order valence-corrected chi connectivity index (χ4v) is 3.87. The van der Waals surface area contributed by atoms with E-state index in [1.54, 1.807) is 13.1 Å². The van der Waals surface area contributed by atoms with E-state index in [9.17, 15) is 9.18 Å². The summed E-state index contributed by atoms with van der Waals surface area (Å²) in [5, 5.41) is -0.0169. The molecule has 1 heterocycles.